The summed E-state index contributed by atoms with van der Waals surface area (Å²) < 4.78 is 0. The third-order valence-electron chi connectivity index (χ3n) is 4.67. The van der Waals surface area contributed by atoms with Gasteiger partial charge in [-0.25, -0.2) is 15.1 Å². The normalized spacial score (nSPS) is 11.7. The molecule has 0 aliphatic rings. The van der Waals surface area contributed by atoms with Crippen LogP contribution in [0.3, 0.4) is 0 Å². The molecule has 0 spiro atoms. The molecule has 1 aromatic carbocycles. The number of anilines is 2. The molecular formula is C21H23ClN10OS. The number of nitrogen functional groups attached to an aromatic ring is 1. The molecule has 0 bridgehead atoms. The minimum Gasteiger partial charge on any atom is -0.368 e. The molecule has 0 unspecified atom stereocenters. The summed E-state index contributed by atoms with van der Waals surface area (Å²) in [5.41, 5.74) is 9.20. The van der Waals surface area contributed by atoms with Gasteiger partial charge in [0, 0.05) is 40.1 Å². The molecule has 34 heavy (non-hydrogen) atoms. The first-order valence-corrected chi connectivity index (χ1v) is 11.7. The molecule has 13 heteroatoms. The molecule has 4 aromatic rings. The summed E-state index contributed by atoms with van der Waals surface area (Å²) in [5.74, 6) is 0.583. The van der Waals surface area contributed by atoms with Gasteiger partial charge in [0.05, 0.1) is 5.75 Å². The lowest BCUT2D eigenvalue weighted by Gasteiger charge is -2.11. The number of fused-ring (bicyclic) bond motifs is 1. The summed E-state index contributed by atoms with van der Waals surface area (Å²) in [4.78, 5) is 33.1. The van der Waals surface area contributed by atoms with Gasteiger partial charge in [-0.2, -0.15) is 4.98 Å². The number of halogens is 1. The molecule has 3 heterocycles. The molecule has 3 aromatic heterocycles. The number of rotatable bonds is 7. The first-order chi connectivity index (χ1) is 16.4. The van der Waals surface area contributed by atoms with E-state index in [9.17, 15) is 4.79 Å². The number of aryl methyl sites for hydroxylation is 2. The number of nitrogens with one attached hydrogen (secondary N) is 4. The Morgan fingerprint density at radius 3 is 2.74 bits per heavy atom. The van der Waals surface area contributed by atoms with E-state index in [0.717, 1.165) is 39.6 Å². The highest BCUT2D eigenvalue weighted by Crippen LogP contribution is 2.22. The van der Waals surface area contributed by atoms with Gasteiger partial charge in [-0.15, -0.1) is 5.10 Å². The molecule has 4 rings (SSSR count). The first-order valence-electron chi connectivity index (χ1n) is 10.4. The highest BCUT2D eigenvalue weighted by molar-refractivity contribution is 7.99. The molecule has 11 nitrogen and oxygen atoms in total. The lowest BCUT2D eigenvalue weighted by molar-refractivity contribution is -0.117. The van der Waals surface area contributed by atoms with Gasteiger partial charge in [0.1, 0.15) is 0 Å². The molecular weight excluding hydrogens is 476 g/mol. The van der Waals surface area contributed by atoms with Crippen LogP contribution in [0.4, 0.5) is 11.9 Å². The van der Waals surface area contributed by atoms with E-state index in [4.69, 9.17) is 17.3 Å². The monoisotopic (exact) mass is 498 g/mol. The van der Waals surface area contributed by atoms with Crippen molar-refractivity contribution in [3.63, 3.8) is 0 Å². The van der Waals surface area contributed by atoms with Gasteiger partial charge in [-0.3, -0.25) is 20.4 Å². The van der Waals surface area contributed by atoms with Gasteiger partial charge < -0.3 is 10.7 Å². The molecule has 0 radical (unpaired) electrons. The molecule has 6 N–H and O–H groups in total. The van der Waals surface area contributed by atoms with E-state index in [0.29, 0.717) is 29.1 Å². The number of aromatic amines is 2. The molecule has 0 fully saturated rings. The highest BCUT2D eigenvalue weighted by atomic mass is 35.5. The Balaban J connectivity index is 1.46. The summed E-state index contributed by atoms with van der Waals surface area (Å²) in [6.07, 6.45) is 2.58. The largest absolute Gasteiger partial charge is 0.368 e. The Morgan fingerprint density at radius 1 is 1.21 bits per heavy atom. The minimum absolute atomic E-state index is 0.0760. The fourth-order valence-electron chi connectivity index (χ4n) is 3.26. The smallest absolute Gasteiger partial charge is 0.237 e. The van der Waals surface area contributed by atoms with Gasteiger partial charge in [-0.1, -0.05) is 23.4 Å². The average Bonchev–Trinajstić information content (AvgIpc) is 3.37. The maximum absolute atomic E-state index is 12.6. The minimum atomic E-state index is -0.289. The van der Waals surface area contributed by atoms with Crippen LogP contribution in [0.5, 0.6) is 0 Å². The molecule has 1 amide bonds. The Bertz CT molecular complexity index is 1330. The highest BCUT2D eigenvalue weighted by Gasteiger charge is 2.12. The second-order valence-corrected chi connectivity index (χ2v) is 8.80. The molecule has 0 aliphatic heterocycles. The van der Waals surface area contributed by atoms with Crippen molar-refractivity contribution in [2.24, 2.45) is 4.99 Å². The predicted molar refractivity (Wildman–Crippen MR) is 134 cm³/mol. The van der Waals surface area contributed by atoms with Crippen molar-refractivity contribution in [2.75, 3.05) is 23.3 Å². The summed E-state index contributed by atoms with van der Waals surface area (Å²) in [6, 6.07) is 7.56. The third-order valence-corrected chi connectivity index (χ3v) is 5.75. The van der Waals surface area contributed by atoms with Crippen molar-refractivity contribution < 1.29 is 4.79 Å². The predicted octanol–water partition coefficient (Wildman–Crippen LogP) is 2.85. The average molecular weight is 499 g/mol. The van der Waals surface area contributed by atoms with E-state index in [1.54, 1.807) is 0 Å². The van der Waals surface area contributed by atoms with Crippen LogP contribution in [-0.4, -0.2) is 54.3 Å². The van der Waals surface area contributed by atoms with Crippen molar-refractivity contribution in [3.8, 4) is 0 Å². The summed E-state index contributed by atoms with van der Waals surface area (Å²) in [6.45, 7) is 4.16. The van der Waals surface area contributed by atoms with Crippen LogP contribution < -0.4 is 16.4 Å². The quantitative estimate of drug-likeness (QED) is 0.147. The Kier molecular flexibility index (Phi) is 7.28. The van der Waals surface area contributed by atoms with Crippen LogP contribution in [0, 0.1) is 13.8 Å². The topological polar surface area (TPSA) is 163 Å². The number of carbonyl (C=O) groups is 1. The maximum Gasteiger partial charge on any atom is 0.237 e. The lowest BCUT2D eigenvalue weighted by Crippen LogP contribution is -2.38. The van der Waals surface area contributed by atoms with Crippen LogP contribution in [0.15, 0.2) is 40.6 Å². The summed E-state index contributed by atoms with van der Waals surface area (Å²) >= 11 is 7.30. The Morgan fingerprint density at radius 2 is 2.00 bits per heavy atom. The number of H-pyrrole nitrogens is 2. The second kappa shape index (κ2) is 10.5. The number of amides is 1. The van der Waals surface area contributed by atoms with Gasteiger partial charge in [0.2, 0.25) is 28.9 Å². The van der Waals surface area contributed by atoms with E-state index in [2.05, 4.69) is 45.8 Å². The second-order valence-electron chi connectivity index (χ2n) is 7.42. The van der Waals surface area contributed by atoms with E-state index >= 15 is 0 Å². The lowest BCUT2D eigenvalue weighted by atomic mass is 10.1. The molecule has 0 saturated heterocycles. The van der Waals surface area contributed by atoms with E-state index in [1.165, 1.54) is 0 Å². The van der Waals surface area contributed by atoms with E-state index in [1.807, 2.05) is 44.3 Å². The van der Waals surface area contributed by atoms with Crippen molar-refractivity contribution in [3.05, 3.63) is 52.4 Å². The number of benzene rings is 1. The van der Waals surface area contributed by atoms with Gasteiger partial charge in [-0.05, 0) is 50.1 Å². The van der Waals surface area contributed by atoms with E-state index < -0.39 is 0 Å². The SMILES string of the molecule is Cc1cc(C)nc(NC(=NCCc2c[nH]c3ccc(Cl)cc23)NC(=O)CSc2n[nH]c(N)n2)n1. The number of aromatic nitrogens is 6. The number of guanidine groups is 1. The number of thioether (sulfide) groups is 1. The Labute approximate surface area is 204 Å². The number of nitrogens with two attached hydrogens (primary N) is 1. The number of carbonyl (C=O) groups excluding carboxylic acids is 1. The molecule has 0 saturated carbocycles. The van der Waals surface area contributed by atoms with Gasteiger partial charge in [0.25, 0.3) is 0 Å². The third kappa shape index (κ3) is 6.23. The Hall–Kier alpha value is -3.64. The van der Waals surface area contributed by atoms with E-state index in [-0.39, 0.29) is 23.6 Å². The van der Waals surface area contributed by atoms with Crippen LogP contribution >= 0.6 is 23.4 Å². The summed E-state index contributed by atoms with van der Waals surface area (Å²) in [5, 5.41) is 14.3. The van der Waals surface area contributed by atoms with Crippen LogP contribution in [0.2, 0.25) is 5.02 Å². The summed E-state index contributed by atoms with van der Waals surface area (Å²) in [7, 11) is 0. The maximum atomic E-state index is 12.6. The zero-order valence-electron chi connectivity index (χ0n) is 18.5. The van der Waals surface area contributed by atoms with Crippen molar-refractivity contribution in [1.82, 2.24) is 35.5 Å². The van der Waals surface area contributed by atoms with Crippen LogP contribution in [-0.2, 0) is 11.2 Å². The van der Waals surface area contributed by atoms with Crippen LogP contribution in [0.25, 0.3) is 10.9 Å². The first kappa shape index (κ1) is 23.5. The number of hydrogen-bond acceptors (Lipinski definition) is 8. The van der Waals surface area contributed by atoms with Gasteiger partial charge >= 0.3 is 0 Å². The standard InChI is InChI=1S/C21H23ClN10OS/c1-11-7-12(2)27-20(26-11)30-19(28-17(33)10-34-21-29-18(23)31-32-21)24-6-5-13-9-25-16-4-3-14(22)8-15(13)16/h3-4,7-9,25H,5-6,10H2,1-2H3,(H3,23,29,31,32)(H2,24,26,27,28,30,33). The molecule has 0 aliphatic carbocycles. The number of aliphatic imine (C=N–C) groups is 1. The molecule has 0 atom stereocenters. The van der Waals surface area contributed by atoms with Crippen molar-refractivity contribution in [2.45, 2.75) is 25.4 Å². The zero-order valence-corrected chi connectivity index (χ0v) is 20.1. The van der Waals surface area contributed by atoms with Crippen LogP contribution in [0.1, 0.15) is 17.0 Å². The fourth-order valence-corrected chi connectivity index (χ4v) is 4.04. The molecule has 176 valence electrons. The van der Waals surface area contributed by atoms with Gasteiger partial charge in [0.15, 0.2) is 0 Å². The number of hydrogen-bond donors (Lipinski definition) is 5. The zero-order chi connectivity index (χ0) is 24.1. The van der Waals surface area contributed by atoms with Crippen molar-refractivity contribution in [1.29, 1.82) is 0 Å². The number of nitrogens with zero attached hydrogens (tertiary/aromatic N) is 5. The van der Waals surface area contributed by atoms with Crippen molar-refractivity contribution >= 4 is 58.0 Å². The fraction of sp³-hybridized carbons (Fsp3) is 0.238.